The lowest BCUT2D eigenvalue weighted by Gasteiger charge is -2.12. The third-order valence-electron chi connectivity index (χ3n) is 2.84. The van der Waals surface area contributed by atoms with Gasteiger partial charge in [0.15, 0.2) is 0 Å². The van der Waals surface area contributed by atoms with E-state index >= 15 is 0 Å². The molecule has 1 unspecified atom stereocenters. The van der Waals surface area contributed by atoms with Crippen LogP contribution in [0.3, 0.4) is 0 Å². The minimum Gasteiger partial charge on any atom is -0.314 e. The van der Waals surface area contributed by atoms with Crippen LogP contribution in [0.1, 0.15) is 33.1 Å². The molecule has 1 aromatic carbocycles. The zero-order chi connectivity index (χ0) is 14.1. The van der Waals surface area contributed by atoms with Crippen LogP contribution in [-0.2, 0) is 0 Å². The molecule has 0 aliphatic rings. The Hall–Kier alpha value is -1.07. The molecule has 106 valence electrons. The molecule has 0 aromatic heterocycles. The topological polar surface area (TPSA) is 55.2 Å². The molecule has 0 aliphatic heterocycles. The van der Waals surface area contributed by atoms with Crippen molar-refractivity contribution in [1.82, 2.24) is 5.32 Å². The minimum absolute atomic E-state index is 0.154. The standard InChI is InChI=1S/C14H22N2O2S/c1-3-10-15-12(2)5-4-11-19-14-8-6-13(7-9-14)16(17)18/h6-9,12,15H,3-5,10-11H2,1-2H3. The van der Waals surface area contributed by atoms with Crippen molar-refractivity contribution in [3.8, 4) is 0 Å². The van der Waals surface area contributed by atoms with Crippen LogP contribution in [0.25, 0.3) is 0 Å². The lowest BCUT2D eigenvalue weighted by Crippen LogP contribution is -2.26. The van der Waals surface area contributed by atoms with Gasteiger partial charge in [0.25, 0.3) is 5.69 Å². The van der Waals surface area contributed by atoms with Crippen LogP contribution in [0.2, 0.25) is 0 Å². The number of nitro groups is 1. The first-order valence-electron chi connectivity index (χ1n) is 6.74. The van der Waals surface area contributed by atoms with Gasteiger partial charge in [0.2, 0.25) is 0 Å². The van der Waals surface area contributed by atoms with E-state index in [2.05, 4.69) is 19.2 Å². The van der Waals surface area contributed by atoms with E-state index < -0.39 is 0 Å². The average Bonchev–Trinajstić information content (AvgIpc) is 2.41. The average molecular weight is 282 g/mol. The van der Waals surface area contributed by atoms with Gasteiger partial charge in [-0.2, -0.15) is 0 Å². The van der Waals surface area contributed by atoms with Gasteiger partial charge >= 0.3 is 0 Å². The van der Waals surface area contributed by atoms with Gasteiger partial charge in [-0.3, -0.25) is 10.1 Å². The molecule has 0 spiro atoms. The predicted octanol–water partition coefficient (Wildman–Crippen LogP) is 3.86. The highest BCUT2D eigenvalue weighted by atomic mass is 32.2. The summed E-state index contributed by atoms with van der Waals surface area (Å²) < 4.78 is 0. The van der Waals surface area contributed by atoms with Crippen molar-refractivity contribution >= 4 is 17.4 Å². The normalized spacial score (nSPS) is 12.3. The number of thioether (sulfide) groups is 1. The van der Waals surface area contributed by atoms with E-state index in [0.717, 1.165) is 23.6 Å². The summed E-state index contributed by atoms with van der Waals surface area (Å²) in [5.74, 6) is 1.05. The van der Waals surface area contributed by atoms with Gasteiger partial charge in [-0.1, -0.05) is 6.92 Å². The molecular weight excluding hydrogens is 260 g/mol. The molecule has 0 saturated heterocycles. The Morgan fingerprint density at radius 3 is 2.63 bits per heavy atom. The van der Waals surface area contributed by atoms with Crippen LogP contribution in [0, 0.1) is 10.1 Å². The Morgan fingerprint density at radius 1 is 1.37 bits per heavy atom. The fourth-order valence-corrected chi connectivity index (χ4v) is 2.61. The van der Waals surface area contributed by atoms with E-state index in [4.69, 9.17) is 0 Å². The molecule has 1 rings (SSSR count). The Bertz CT molecular complexity index is 382. The molecule has 19 heavy (non-hydrogen) atoms. The zero-order valence-electron chi connectivity index (χ0n) is 11.6. The highest BCUT2D eigenvalue weighted by Crippen LogP contribution is 2.22. The summed E-state index contributed by atoms with van der Waals surface area (Å²) in [6.45, 7) is 5.47. The van der Waals surface area contributed by atoms with Crippen molar-refractivity contribution in [2.45, 2.75) is 44.0 Å². The van der Waals surface area contributed by atoms with Crippen LogP contribution >= 0.6 is 11.8 Å². The maximum absolute atomic E-state index is 10.5. The van der Waals surface area contributed by atoms with Crippen molar-refractivity contribution in [1.29, 1.82) is 0 Å². The molecule has 1 aromatic rings. The van der Waals surface area contributed by atoms with Crippen LogP contribution in [-0.4, -0.2) is 23.3 Å². The third-order valence-corrected chi connectivity index (χ3v) is 3.94. The van der Waals surface area contributed by atoms with Gasteiger partial charge in [0, 0.05) is 23.1 Å². The number of hydrogen-bond donors (Lipinski definition) is 1. The second-order valence-electron chi connectivity index (χ2n) is 4.60. The molecule has 0 heterocycles. The Morgan fingerprint density at radius 2 is 2.05 bits per heavy atom. The quantitative estimate of drug-likeness (QED) is 0.323. The molecule has 0 amide bonds. The van der Waals surface area contributed by atoms with Gasteiger partial charge in [0.1, 0.15) is 0 Å². The summed E-state index contributed by atoms with van der Waals surface area (Å²) in [6, 6.07) is 7.34. The Balaban J connectivity index is 2.20. The van der Waals surface area contributed by atoms with Gasteiger partial charge in [0.05, 0.1) is 4.92 Å². The van der Waals surface area contributed by atoms with Gasteiger partial charge in [-0.05, 0) is 50.6 Å². The molecule has 0 fully saturated rings. The number of non-ortho nitro benzene ring substituents is 1. The molecule has 0 aliphatic carbocycles. The summed E-state index contributed by atoms with van der Waals surface area (Å²) in [5.41, 5.74) is 0.154. The first kappa shape index (κ1) is 16.0. The van der Waals surface area contributed by atoms with Crippen molar-refractivity contribution in [3.05, 3.63) is 34.4 Å². The molecule has 0 bridgehead atoms. The molecule has 5 heteroatoms. The van der Waals surface area contributed by atoms with Crippen LogP contribution in [0.5, 0.6) is 0 Å². The minimum atomic E-state index is -0.366. The predicted molar refractivity (Wildman–Crippen MR) is 80.8 cm³/mol. The number of hydrogen-bond acceptors (Lipinski definition) is 4. The summed E-state index contributed by atoms with van der Waals surface area (Å²) >= 11 is 1.76. The lowest BCUT2D eigenvalue weighted by molar-refractivity contribution is -0.384. The Kier molecular flexibility index (Phi) is 7.52. The fourth-order valence-electron chi connectivity index (χ4n) is 1.74. The number of nitro benzene ring substituents is 1. The monoisotopic (exact) mass is 282 g/mol. The summed E-state index contributed by atoms with van der Waals surface area (Å²) in [5, 5.41) is 14.0. The van der Waals surface area contributed by atoms with Crippen LogP contribution < -0.4 is 5.32 Å². The van der Waals surface area contributed by atoms with Gasteiger partial charge in [-0.15, -0.1) is 11.8 Å². The number of nitrogens with zero attached hydrogens (tertiary/aromatic N) is 1. The Labute approximate surface area is 119 Å². The highest BCUT2D eigenvalue weighted by molar-refractivity contribution is 7.99. The van der Waals surface area contributed by atoms with E-state index in [1.807, 2.05) is 12.1 Å². The van der Waals surface area contributed by atoms with Crippen LogP contribution in [0.15, 0.2) is 29.2 Å². The second kappa shape index (κ2) is 8.93. The highest BCUT2D eigenvalue weighted by Gasteiger charge is 2.04. The maximum atomic E-state index is 10.5. The number of nitrogens with one attached hydrogen (secondary N) is 1. The molecule has 0 radical (unpaired) electrons. The third kappa shape index (κ3) is 6.59. The molecule has 1 N–H and O–H groups in total. The van der Waals surface area contributed by atoms with Crippen LogP contribution in [0.4, 0.5) is 5.69 Å². The molecule has 1 atom stereocenters. The lowest BCUT2D eigenvalue weighted by atomic mass is 10.2. The number of rotatable bonds is 9. The van der Waals surface area contributed by atoms with Crippen molar-refractivity contribution in [3.63, 3.8) is 0 Å². The fraction of sp³-hybridized carbons (Fsp3) is 0.571. The van der Waals surface area contributed by atoms with Gasteiger partial charge in [-0.25, -0.2) is 0 Å². The largest absolute Gasteiger partial charge is 0.314 e. The first-order valence-corrected chi connectivity index (χ1v) is 7.72. The summed E-state index contributed by atoms with van der Waals surface area (Å²) in [6.07, 6.45) is 3.49. The summed E-state index contributed by atoms with van der Waals surface area (Å²) in [7, 11) is 0. The van der Waals surface area contributed by atoms with E-state index in [9.17, 15) is 10.1 Å². The van der Waals surface area contributed by atoms with Gasteiger partial charge < -0.3 is 5.32 Å². The number of benzene rings is 1. The smallest absolute Gasteiger partial charge is 0.269 e. The SMILES string of the molecule is CCCNC(C)CCCSc1ccc([N+](=O)[O-])cc1. The van der Waals surface area contributed by atoms with Crippen molar-refractivity contribution in [2.75, 3.05) is 12.3 Å². The van der Waals surface area contributed by atoms with E-state index in [1.165, 1.54) is 12.8 Å². The van der Waals surface area contributed by atoms with E-state index in [-0.39, 0.29) is 10.6 Å². The maximum Gasteiger partial charge on any atom is 0.269 e. The summed E-state index contributed by atoms with van der Waals surface area (Å²) in [4.78, 5) is 11.3. The zero-order valence-corrected chi connectivity index (χ0v) is 12.4. The first-order chi connectivity index (χ1) is 9.13. The van der Waals surface area contributed by atoms with Crippen molar-refractivity contribution < 1.29 is 4.92 Å². The van der Waals surface area contributed by atoms with E-state index in [1.54, 1.807) is 23.9 Å². The molecule has 0 saturated carbocycles. The van der Waals surface area contributed by atoms with Crippen molar-refractivity contribution in [2.24, 2.45) is 0 Å². The molecular formula is C14H22N2O2S. The molecule has 4 nitrogen and oxygen atoms in total. The second-order valence-corrected chi connectivity index (χ2v) is 5.77. The van der Waals surface area contributed by atoms with E-state index in [0.29, 0.717) is 6.04 Å².